The lowest BCUT2D eigenvalue weighted by molar-refractivity contribution is 0.419. The molecule has 0 aliphatic carbocycles. The number of nitrogens with one attached hydrogen (secondary N) is 1. The predicted octanol–water partition coefficient (Wildman–Crippen LogP) is 1.42. The van der Waals surface area contributed by atoms with Gasteiger partial charge in [0.2, 0.25) is 12.2 Å². The van der Waals surface area contributed by atoms with Gasteiger partial charge in [0.05, 0.1) is 0 Å². The van der Waals surface area contributed by atoms with E-state index in [0.717, 1.165) is 0 Å². The summed E-state index contributed by atoms with van der Waals surface area (Å²) in [5, 5.41) is 22.3. The summed E-state index contributed by atoms with van der Waals surface area (Å²) in [6.07, 6.45) is 1.19. The molecule has 8 heteroatoms. The standard InChI is InChI=1S/C15H8N6O2/c16-5-10-12(11(6-17)15(22)20-13(10)18)8-2-1-3-9(4-8)14-19-7-23-21-14/h1-4,7H,(H3,18,20,22). The highest BCUT2D eigenvalue weighted by Gasteiger charge is 2.18. The van der Waals surface area contributed by atoms with Crippen molar-refractivity contribution in [3.63, 3.8) is 0 Å². The van der Waals surface area contributed by atoms with E-state index in [9.17, 15) is 15.3 Å². The van der Waals surface area contributed by atoms with Crippen LogP contribution in [-0.4, -0.2) is 15.1 Å². The molecule has 0 fully saturated rings. The van der Waals surface area contributed by atoms with E-state index in [1.165, 1.54) is 6.39 Å². The molecule has 0 radical (unpaired) electrons. The van der Waals surface area contributed by atoms with Gasteiger partial charge in [-0.1, -0.05) is 23.4 Å². The van der Waals surface area contributed by atoms with Gasteiger partial charge >= 0.3 is 0 Å². The molecule has 0 atom stereocenters. The Morgan fingerprint density at radius 2 is 1.91 bits per heavy atom. The minimum atomic E-state index is -0.649. The molecule has 110 valence electrons. The molecule has 3 aromatic rings. The number of aromatic amines is 1. The van der Waals surface area contributed by atoms with Gasteiger partial charge in [0.1, 0.15) is 29.1 Å². The Morgan fingerprint density at radius 1 is 1.17 bits per heavy atom. The number of pyridine rings is 1. The van der Waals surface area contributed by atoms with Crippen LogP contribution in [0.2, 0.25) is 0 Å². The molecule has 0 aliphatic rings. The predicted molar refractivity (Wildman–Crippen MR) is 79.6 cm³/mol. The number of nitrogens with zero attached hydrogens (tertiary/aromatic N) is 4. The van der Waals surface area contributed by atoms with E-state index in [2.05, 4.69) is 15.1 Å². The molecule has 3 rings (SSSR count). The number of nitriles is 2. The van der Waals surface area contributed by atoms with Crippen molar-refractivity contribution in [2.24, 2.45) is 0 Å². The molecule has 2 aromatic heterocycles. The number of anilines is 1. The molecule has 0 saturated heterocycles. The second-order valence-electron chi connectivity index (χ2n) is 4.55. The van der Waals surface area contributed by atoms with Crippen molar-refractivity contribution in [2.45, 2.75) is 0 Å². The summed E-state index contributed by atoms with van der Waals surface area (Å²) in [5.74, 6) is 0.262. The van der Waals surface area contributed by atoms with Gasteiger partial charge in [0, 0.05) is 11.1 Å². The van der Waals surface area contributed by atoms with Crippen LogP contribution in [0.25, 0.3) is 22.5 Å². The lowest BCUT2D eigenvalue weighted by Crippen LogP contribution is -2.16. The smallest absolute Gasteiger partial charge is 0.268 e. The van der Waals surface area contributed by atoms with E-state index in [0.29, 0.717) is 17.0 Å². The SMILES string of the molecule is N#Cc1c(N)[nH]c(=O)c(C#N)c1-c1cccc(-c2ncon2)c1. The van der Waals surface area contributed by atoms with Crippen molar-refractivity contribution < 1.29 is 4.52 Å². The Morgan fingerprint density at radius 3 is 2.57 bits per heavy atom. The molecule has 3 N–H and O–H groups in total. The number of rotatable bonds is 2. The largest absolute Gasteiger partial charge is 0.384 e. The van der Waals surface area contributed by atoms with Crippen LogP contribution < -0.4 is 11.3 Å². The Balaban J connectivity index is 2.32. The number of H-pyrrole nitrogens is 1. The van der Waals surface area contributed by atoms with Gasteiger partial charge in [-0.3, -0.25) is 4.79 Å². The summed E-state index contributed by atoms with van der Waals surface area (Å²) in [4.78, 5) is 18.2. The van der Waals surface area contributed by atoms with Crippen molar-refractivity contribution in [1.82, 2.24) is 15.1 Å². The molecule has 0 unspecified atom stereocenters. The molecule has 23 heavy (non-hydrogen) atoms. The second kappa shape index (κ2) is 5.47. The van der Waals surface area contributed by atoms with Gasteiger partial charge in [-0.15, -0.1) is 0 Å². The average Bonchev–Trinajstić information content (AvgIpc) is 3.09. The topological polar surface area (TPSA) is 145 Å². The number of nitrogen functional groups attached to an aromatic ring is 1. The first kappa shape index (κ1) is 14.0. The molecule has 8 nitrogen and oxygen atoms in total. The van der Waals surface area contributed by atoms with Crippen LogP contribution in [-0.2, 0) is 0 Å². The first-order valence-electron chi connectivity index (χ1n) is 6.39. The summed E-state index contributed by atoms with van der Waals surface area (Å²) >= 11 is 0. The molecule has 0 amide bonds. The van der Waals surface area contributed by atoms with Crippen LogP contribution >= 0.6 is 0 Å². The zero-order valence-corrected chi connectivity index (χ0v) is 11.6. The Kier molecular flexibility index (Phi) is 3.34. The minimum absolute atomic E-state index is 0.0337. The first-order valence-corrected chi connectivity index (χ1v) is 6.39. The average molecular weight is 304 g/mol. The maximum absolute atomic E-state index is 11.9. The van der Waals surface area contributed by atoms with Crippen molar-refractivity contribution >= 4 is 5.82 Å². The van der Waals surface area contributed by atoms with Crippen LogP contribution in [0.1, 0.15) is 11.1 Å². The van der Waals surface area contributed by atoms with Crippen molar-refractivity contribution in [1.29, 1.82) is 10.5 Å². The van der Waals surface area contributed by atoms with Crippen LogP contribution in [0.4, 0.5) is 5.82 Å². The van der Waals surface area contributed by atoms with E-state index < -0.39 is 5.56 Å². The van der Waals surface area contributed by atoms with Crippen LogP contribution in [0, 0.1) is 22.7 Å². The van der Waals surface area contributed by atoms with Gasteiger partial charge in [0.15, 0.2) is 0 Å². The monoisotopic (exact) mass is 304 g/mol. The fourth-order valence-electron chi connectivity index (χ4n) is 2.24. The van der Waals surface area contributed by atoms with E-state index in [1.54, 1.807) is 24.3 Å². The highest BCUT2D eigenvalue weighted by molar-refractivity contribution is 5.82. The van der Waals surface area contributed by atoms with Crippen LogP contribution in [0.5, 0.6) is 0 Å². The van der Waals surface area contributed by atoms with Crippen molar-refractivity contribution in [3.05, 3.63) is 52.1 Å². The fraction of sp³-hybridized carbons (Fsp3) is 0. The molecule has 1 aromatic carbocycles. The molecule has 0 bridgehead atoms. The van der Waals surface area contributed by atoms with Crippen molar-refractivity contribution in [3.8, 4) is 34.7 Å². The van der Waals surface area contributed by atoms with Gasteiger partial charge in [-0.25, -0.2) is 0 Å². The number of benzene rings is 1. The molecule has 0 spiro atoms. The Hall–Kier alpha value is -3.91. The third-order valence-corrected chi connectivity index (χ3v) is 3.24. The second-order valence-corrected chi connectivity index (χ2v) is 4.55. The lowest BCUT2D eigenvalue weighted by atomic mass is 9.95. The highest BCUT2D eigenvalue weighted by atomic mass is 16.5. The van der Waals surface area contributed by atoms with Gasteiger partial charge in [-0.2, -0.15) is 15.5 Å². The zero-order chi connectivity index (χ0) is 16.4. The van der Waals surface area contributed by atoms with Gasteiger partial charge in [0.25, 0.3) is 5.56 Å². The summed E-state index contributed by atoms with van der Waals surface area (Å²) in [7, 11) is 0. The van der Waals surface area contributed by atoms with E-state index in [-0.39, 0.29) is 22.5 Å². The lowest BCUT2D eigenvalue weighted by Gasteiger charge is -2.09. The summed E-state index contributed by atoms with van der Waals surface area (Å²) in [6.45, 7) is 0. The van der Waals surface area contributed by atoms with Crippen LogP contribution in [0.15, 0.2) is 40.0 Å². The van der Waals surface area contributed by atoms with Crippen molar-refractivity contribution in [2.75, 3.05) is 5.73 Å². The Labute approximate surface area is 129 Å². The van der Waals surface area contributed by atoms with E-state index >= 15 is 0 Å². The first-order chi connectivity index (χ1) is 11.2. The molecule has 2 heterocycles. The number of aromatic nitrogens is 3. The van der Waals surface area contributed by atoms with Gasteiger partial charge in [-0.05, 0) is 11.6 Å². The summed E-state index contributed by atoms with van der Waals surface area (Å²) in [5.41, 5.74) is 6.18. The minimum Gasteiger partial charge on any atom is -0.384 e. The third kappa shape index (κ3) is 2.30. The zero-order valence-electron chi connectivity index (χ0n) is 11.6. The molecular weight excluding hydrogens is 296 g/mol. The quantitative estimate of drug-likeness (QED) is 0.727. The maximum atomic E-state index is 11.9. The molecule has 0 aliphatic heterocycles. The highest BCUT2D eigenvalue weighted by Crippen LogP contribution is 2.30. The van der Waals surface area contributed by atoms with Gasteiger partial charge < -0.3 is 15.2 Å². The summed E-state index contributed by atoms with van der Waals surface area (Å²) < 4.78 is 4.70. The molecular formula is C15H8N6O2. The normalized spacial score (nSPS) is 10.0. The third-order valence-electron chi connectivity index (χ3n) is 3.24. The van der Waals surface area contributed by atoms with Crippen LogP contribution in [0.3, 0.4) is 0 Å². The number of hydrogen-bond acceptors (Lipinski definition) is 7. The number of nitrogens with two attached hydrogens (primary N) is 1. The van der Waals surface area contributed by atoms with E-state index in [4.69, 9.17) is 10.3 Å². The van der Waals surface area contributed by atoms with E-state index in [1.807, 2.05) is 12.1 Å². The number of hydrogen-bond donors (Lipinski definition) is 2. The Bertz CT molecular complexity index is 1020. The maximum Gasteiger partial charge on any atom is 0.268 e. The summed E-state index contributed by atoms with van der Waals surface area (Å²) in [6, 6.07) is 10.5. The molecule has 0 saturated carbocycles. The fourth-order valence-corrected chi connectivity index (χ4v) is 2.24.